The fraction of sp³-hybridized carbons (Fsp3) is 0.200. The van der Waals surface area contributed by atoms with Gasteiger partial charge >= 0.3 is 5.97 Å². The summed E-state index contributed by atoms with van der Waals surface area (Å²) in [5, 5.41) is 12.0. The van der Waals surface area contributed by atoms with Crippen molar-refractivity contribution in [3.63, 3.8) is 0 Å². The number of carbonyl (C=O) groups excluding carboxylic acids is 1. The van der Waals surface area contributed by atoms with E-state index in [0.29, 0.717) is 0 Å². The first-order valence-electron chi connectivity index (χ1n) is 5.95. The van der Waals surface area contributed by atoms with Crippen molar-refractivity contribution in [2.24, 2.45) is 7.05 Å². The van der Waals surface area contributed by atoms with Crippen LogP contribution in [0.1, 0.15) is 5.69 Å². The quantitative estimate of drug-likeness (QED) is 0.395. The molecule has 0 fully saturated rings. The third-order valence-corrected chi connectivity index (χ3v) is 3.01. The van der Waals surface area contributed by atoms with Crippen molar-refractivity contribution in [2.75, 3.05) is 7.11 Å². The molecule has 0 amide bonds. The molecular weight excluding hydrogens is 242 g/mol. The molecule has 98 valence electrons. The van der Waals surface area contributed by atoms with Gasteiger partial charge in [-0.05, 0) is 11.5 Å². The number of aliphatic hydroxyl groups is 1. The average molecular weight is 258 g/mol. The fourth-order valence-electron chi connectivity index (χ4n) is 2.01. The summed E-state index contributed by atoms with van der Waals surface area (Å²) in [6.45, 7) is 0. The maximum Gasteiger partial charge on any atom is 0.333 e. The first-order valence-corrected chi connectivity index (χ1v) is 5.95. The number of nitrogens with zero attached hydrogens (tertiary/aromatic N) is 1. The molecule has 4 heteroatoms. The minimum atomic E-state index is -0.555. The highest BCUT2D eigenvalue weighted by Gasteiger charge is 2.14. The van der Waals surface area contributed by atoms with Gasteiger partial charge in [-0.15, -0.1) is 0 Å². The van der Waals surface area contributed by atoms with Gasteiger partial charge in [0.25, 0.3) is 0 Å². The van der Waals surface area contributed by atoms with E-state index in [0.717, 1.165) is 22.5 Å². The van der Waals surface area contributed by atoms with E-state index in [1.165, 1.54) is 7.11 Å². The molecule has 4 nitrogen and oxygen atoms in total. The number of aromatic nitrogens is 1. The lowest BCUT2D eigenvalue weighted by molar-refractivity contribution is -0.677. The molecule has 0 aliphatic heterocycles. The minimum Gasteiger partial charge on any atom is -0.511 e. The Morgan fingerprint density at radius 1 is 1.37 bits per heavy atom. The Hall–Kier alpha value is -2.36. The Bertz CT molecular complexity index is 647. The molecule has 0 atom stereocenters. The van der Waals surface area contributed by atoms with E-state index < -0.39 is 5.97 Å². The van der Waals surface area contributed by atoms with Crippen LogP contribution in [0.5, 0.6) is 0 Å². The van der Waals surface area contributed by atoms with Crippen LogP contribution < -0.4 is 4.57 Å². The van der Waals surface area contributed by atoms with Gasteiger partial charge in [0.2, 0.25) is 0 Å². The molecule has 19 heavy (non-hydrogen) atoms. The van der Waals surface area contributed by atoms with Crippen LogP contribution in [0.15, 0.2) is 48.4 Å². The highest BCUT2D eigenvalue weighted by molar-refractivity contribution is 5.84. The molecule has 0 spiro atoms. The summed E-state index contributed by atoms with van der Waals surface area (Å²) in [6.07, 6.45) is 3.32. The zero-order valence-electron chi connectivity index (χ0n) is 11.0. The molecule has 1 N–H and O–H groups in total. The molecule has 1 heterocycles. The van der Waals surface area contributed by atoms with Crippen LogP contribution in [0, 0.1) is 0 Å². The number of benzene rings is 1. The normalized spacial score (nSPS) is 11.6. The van der Waals surface area contributed by atoms with Crippen LogP contribution in [-0.2, 0) is 23.0 Å². The summed E-state index contributed by atoms with van der Waals surface area (Å²) in [7, 11) is 3.19. The second-order valence-electron chi connectivity index (χ2n) is 4.30. The first kappa shape index (κ1) is 13.1. The highest BCUT2D eigenvalue weighted by atomic mass is 16.5. The van der Waals surface area contributed by atoms with E-state index in [9.17, 15) is 9.90 Å². The van der Waals surface area contributed by atoms with Gasteiger partial charge in [0, 0.05) is 11.5 Å². The van der Waals surface area contributed by atoms with Gasteiger partial charge in [-0.25, -0.2) is 9.36 Å². The minimum absolute atomic E-state index is 0.0150. The Balaban J connectivity index is 2.42. The molecule has 2 rings (SSSR count). The van der Waals surface area contributed by atoms with Gasteiger partial charge < -0.3 is 9.84 Å². The van der Waals surface area contributed by atoms with Gasteiger partial charge in [-0.3, -0.25) is 0 Å². The van der Waals surface area contributed by atoms with Crippen molar-refractivity contribution in [2.45, 2.75) is 6.42 Å². The lowest BCUT2D eigenvalue weighted by atomic mass is 10.1. The molecule has 0 bridgehead atoms. The number of pyridine rings is 1. The molecule has 2 aromatic rings. The number of hydrogen-bond donors (Lipinski definition) is 1. The fourth-order valence-corrected chi connectivity index (χ4v) is 2.01. The van der Waals surface area contributed by atoms with Gasteiger partial charge in [0.05, 0.1) is 19.6 Å². The molecule has 0 unspecified atom stereocenters. The van der Waals surface area contributed by atoms with Crippen molar-refractivity contribution in [1.29, 1.82) is 0 Å². The molecule has 1 aromatic heterocycles. The second-order valence-corrected chi connectivity index (χ2v) is 4.30. The van der Waals surface area contributed by atoms with Gasteiger partial charge in [0.15, 0.2) is 11.9 Å². The lowest BCUT2D eigenvalue weighted by Crippen LogP contribution is -2.33. The van der Waals surface area contributed by atoms with Crippen LogP contribution >= 0.6 is 0 Å². The Morgan fingerprint density at radius 2 is 2.11 bits per heavy atom. The number of aryl methyl sites for hydroxylation is 1. The van der Waals surface area contributed by atoms with Crippen LogP contribution in [-0.4, -0.2) is 18.2 Å². The predicted octanol–water partition coefficient (Wildman–Crippen LogP) is 1.82. The summed E-state index contributed by atoms with van der Waals surface area (Å²) < 4.78 is 6.43. The summed E-state index contributed by atoms with van der Waals surface area (Å²) in [5.41, 5.74) is 0.941. The monoisotopic (exact) mass is 258 g/mol. The second kappa shape index (κ2) is 5.52. The molecular formula is C15H16NO3+. The van der Waals surface area contributed by atoms with E-state index >= 15 is 0 Å². The zero-order valence-corrected chi connectivity index (χ0v) is 11.0. The maximum atomic E-state index is 11.1. The maximum absolute atomic E-state index is 11.1. The lowest BCUT2D eigenvalue weighted by Gasteiger charge is -2.04. The zero-order chi connectivity index (χ0) is 13.8. The number of allylic oxidation sites excluding steroid dienone is 1. The van der Waals surface area contributed by atoms with Crippen LogP contribution in [0.4, 0.5) is 0 Å². The number of methoxy groups -OCH3 is 1. The Morgan fingerprint density at radius 3 is 2.84 bits per heavy atom. The van der Waals surface area contributed by atoms with E-state index in [1.807, 2.05) is 48.1 Å². The van der Waals surface area contributed by atoms with E-state index in [1.54, 1.807) is 0 Å². The van der Waals surface area contributed by atoms with Crippen LogP contribution in [0.3, 0.4) is 0 Å². The summed E-state index contributed by atoms with van der Waals surface area (Å²) >= 11 is 0. The molecule has 0 radical (unpaired) electrons. The predicted molar refractivity (Wildman–Crippen MR) is 71.6 cm³/mol. The number of rotatable bonds is 3. The van der Waals surface area contributed by atoms with Crippen molar-refractivity contribution in [1.82, 2.24) is 0 Å². The van der Waals surface area contributed by atoms with Gasteiger partial charge in [-0.1, -0.05) is 18.2 Å². The number of fused-ring (bicyclic) bond motifs is 1. The Labute approximate surface area is 111 Å². The Kier molecular flexibility index (Phi) is 3.80. The van der Waals surface area contributed by atoms with E-state index in [4.69, 9.17) is 0 Å². The molecule has 0 saturated heterocycles. The third kappa shape index (κ3) is 2.91. The van der Waals surface area contributed by atoms with E-state index in [-0.39, 0.29) is 12.2 Å². The van der Waals surface area contributed by atoms with Crippen molar-refractivity contribution >= 4 is 16.7 Å². The molecule has 0 aliphatic rings. The number of hydrogen-bond acceptors (Lipinski definition) is 3. The van der Waals surface area contributed by atoms with Crippen molar-refractivity contribution in [3.8, 4) is 0 Å². The number of aliphatic hydroxyl groups excluding tert-OH is 1. The van der Waals surface area contributed by atoms with E-state index in [2.05, 4.69) is 4.74 Å². The largest absolute Gasteiger partial charge is 0.511 e. The van der Waals surface area contributed by atoms with Crippen molar-refractivity contribution in [3.05, 3.63) is 54.1 Å². The summed E-state index contributed by atoms with van der Waals surface area (Å²) in [4.78, 5) is 11.1. The number of esters is 1. The SMILES string of the molecule is COC(=O)/C=C(\O)Cc1c2ccccc2cc[n+]1C. The number of carbonyl (C=O) groups is 1. The first-order chi connectivity index (χ1) is 9.11. The molecule has 0 saturated carbocycles. The topological polar surface area (TPSA) is 50.4 Å². The highest BCUT2D eigenvalue weighted by Crippen LogP contribution is 2.17. The summed E-state index contributed by atoms with van der Waals surface area (Å²) in [5.74, 6) is -0.570. The third-order valence-electron chi connectivity index (χ3n) is 3.01. The van der Waals surface area contributed by atoms with Gasteiger partial charge in [-0.2, -0.15) is 0 Å². The molecule has 0 aliphatic carbocycles. The standard InChI is InChI=1S/C15H15NO3/c1-16-8-7-11-5-3-4-6-13(11)14(16)9-12(17)10-15(18)19-2/h3-8,10H,9H2,1-2H3/p+1. The average Bonchev–Trinajstić information content (AvgIpc) is 2.42. The number of ether oxygens (including phenoxy) is 1. The van der Waals surface area contributed by atoms with Crippen LogP contribution in [0.25, 0.3) is 10.8 Å². The summed E-state index contributed by atoms with van der Waals surface area (Å²) in [6, 6.07) is 9.94. The van der Waals surface area contributed by atoms with Crippen molar-refractivity contribution < 1.29 is 19.2 Å². The molecule has 1 aromatic carbocycles. The van der Waals surface area contributed by atoms with Gasteiger partial charge in [0.1, 0.15) is 12.8 Å². The smallest absolute Gasteiger partial charge is 0.333 e. The van der Waals surface area contributed by atoms with Crippen LogP contribution in [0.2, 0.25) is 0 Å².